The van der Waals surface area contributed by atoms with E-state index in [9.17, 15) is 9.59 Å². The number of ether oxygens (including phenoxy) is 3. The quantitative estimate of drug-likeness (QED) is 0.551. The molecule has 0 saturated heterocycles. The summed E-state index contributed by atoms with van der Waals surface area (Å²) in [6.07, 6.45) is 2.55. The van der Waals surface area contributed by atoms with Crippen LogP contribution in [-0.2, 0) is 14.3 Å². The van der Waals surface area contributed by atoms with Gasteiger partial charge in [-0.25, -0.2) is 9.59 Å². The van der Waals surface area contributed by atoms with Gasteiger partial charge in [-0.1, -0.05) is 38.0 Å². The van der Waals surface area contributed by atoms with E-state index < -0.39 is 23.7 Å². The van der Waals surface area contributed by atoms with Crippen LogP contribution in [0.4, 0.5) is 4.79 Å². The third-order valence-electron chi connectivity index (χ3n) is 4.17. The fraction of sp³-hybridized carbons (Fsp3) is 0.636. The SMILES string of the molecule is CCOC(=O)C(CCCC(CC)COc1ccccc1)NC(=O)OC(C)(C)C. The van der Waals surface area contributed by atoms with Gasteiger partial charge < -0.3 is 19.5 Å². The van der Waals surface area contributed by atoms with Crippen LogP contribution in [0.2, 0.25) is 0 Å². The second-order valence-corrected chi connectivity index (χ2v) is 7.78. The van der Waals surface area contributed by atoms with Gasteiger partial charge in [0.05, 0.1) is 13.2 Å². The van der Waals surface area contributed by atoms with Gasteiger partial charge in [-0.05, 0) is 58.6 Å². The van der Waals surface area contributed by atoms with Gasteiger partial charge in [0.15, 0.2) is 0 Å². The summed E-state index contributed by atoms with van der Waals surface area (Å²) < 4.78 is 16.2. The number of amides is 1. The Morgan fingerprint density at radius 1 is 1.07 bits per heavy atom. The molecule has 1 amide bonds. The van der Waals surface area contributed by atoms with Crippen LogP contribution in [-0.4, -0.2) is 36.9 Å². The van der Waals surface area contributed by atoms with Gasteiger partial charge in [0.1, 0.15) is 17.4 Å². The summed E-state index contributed by atoms with van der Waals surface area (Å²) in [5.74, 6) is 0.809. The largest absolute Gasteiger partial charge is 0.493 e. The van der Waals surface area contributed by atoms with Crippen molar-refractivity contribution in [2.45, 2.75) is 71.9 Å². The smallest absolute Gasteiger partial charge is 0.408 e. The van der Waals surface area contributed by atoms with Crippen molar-refractivity contribution in [3.8, 4) is 5.75 Å². The lowest BCUT2D eigenvalue weighted by Crippen LogP contribution is -2.44. The monoisotopic (exact) mass is 393 g/mol. The third-order valence-corrected chi connectivity index (χ3v) is 4.17. The molecule has 1 N–H and O–H groups in total. The molecule has 0 fully saturated rings. The molecule has 0 heterocycles. The van der Waals surface area contributed by atoms with Gasteiger partial charge >= 0.3 is 12.1 Å². The first-order valence-corrected chi connectivity index (χ1v) is 10.1. The number of nitrogens with one attached hydrogen (secondary N) is 1. The predicted octanol–water partition coefficient (Wildman–Crippen LogP) is 4.72. The molecule has 0 bridgehead atoms. The molecule has 1 aromatic rings. The number of carbonyl (C=O) groups is 2. The van der Waals surface area contributed by atoms with Crippen LogP contribution < -0.4 is 10.1 Å². The lowest BCUT2D eigenvalue weighted by atomic mass is 9.98. The topological polar surface area (TPSA) is 73.9 Å². The van der Waals surface area contributed by atoms with Gasteiger partial charge in [-0.2, -0.15) is 0 Å². The minimum absolute atomic E-state index is 0.272. The molecular weight excluding hydrogens is 358 g/mol. The summed E-state index contributed by atoms with van der Waals surface area (Å²) >= 11 is 0. The first-order valence-electron chi connectivity index (χ1n) is 10.1. The number of esters is 1. The molecule has 0 radical (unpaired) electrons. The zero-order chi connectivity index (χ0) is 21.0. The van der Waals surface area contributed by atoms with Gasteiger partial charge in [0.25, 0.3) is 0 Å². The van der Waals surface area contributed by atoms with Crippen LogP contribution in [0.5, 0.6) is 5.75 Å². The second kappa shape index (κ2) is 12.3. The molecule has 0 saturated carbocycles. The molecule has 158 valence electrons. The van der Waals surface area contributed by atoms with Crippen molar-refractivity contribution in [1.29, 1.82) is 0 Å². The van der Waals surface area contributed by atoms with Gasteiger partial charge in [0.2, 0.25) is 0 Å². The maximum Gasteiger partial charge on any atom is 0.408 e. The lowest BCUT2D eigenvalue weighted by molar-refractivity contribution is -0.145. The van der Waals surface area contributed by atoms with Crippen molar-refractivity contribution < 1.29 is 23.8 Å². The standard InChI is InChI=1S/C22H35NO5/c1-6-17(16-27-18-13-9-8-10-14-18)12-11-15-19(20(24)26-7-2)23-21(25)28-22(3,4)5/h8-10,13-14,17,19H,6-7,11-12,15-16H2,1-5H3,(H,23,25). The van der Waals surface area contributed by atoms with Crippen molar-refractivity contribution in [1.82, 2.24) is 5.32 Å². The van der Waals surface area contributed by atoms with E-state index >= 15 is 0 Å². The summed E-state index contributed by atoms with van der Waals surface area (Å²) in [5, 5.41) is 2.64. The van der Waals surface area contributed by atoms with Crippen molar-refractivity contribution in [3.63, 3.8) is 0 Å². The fourth-order valence-electron chi connectivity index (χ4n) is 2.69. The zero-order valence-corrected chi connectivity index (χ0v) is 17.8. The minimum atomic E-state index is -0.706. The number of alkyl carbamates (subject to hydrolysis) is 1. The Balaban J connectivity index is 2.50. The van der Waals surface area contributed by atoms with Crippen molar-refractivity contribution in [2.75, 3.05) is 13.2 Å². The number of hydrogen-bond donors (Lipinski definition) is 1. The fourth-order valence-corrected chi connectivity index (χ4v) is 2.69. The molecule has 0 aliphatic carbocycles. The molecule has 0 aliphatic heterocycles. The van der Waals surface area contributed by atoms with E-state index in [2.05, 4.69) is 12.2 Å². The van der Waals surface area contributed by atoms with E-state index in [0.717, 1.165) is 25.0 Å². The molecule has 0 aromatic heterocycles. The van der Waals surface area contributed by atoms with Gasteiger partial charge in [0, 0.05) is 0 Å². The molecule has 6 heteroatoms. The van der Waals surface area contributed by atoms with Crippen LogP contribution in [0.15, 0.2) is 30.3 Å². The van der Waals surface area contributed by atoms with E-state index in [4.69, 9.17) is 14.2 Å². The molecule has 1 aromatic carbocycles. The van der Waals surface area contributed by atoms with E-state index in [1.165, 1.54) is 0 Å². The molecule has 1 rings (SSSR count). The maximum atomic E-state index is 12.2. The Morgan fingerprint density at radius 3 is 2.32 bits per heavy atom. The number of hydrogen-bond acceptors (Lipinski definition) is 5. The normalized spacial score (nSPS) is 13.3. The second-order valence-electron chi connectivity index (χ2n) is 7.78. The summed E-state index contributed by atoms with van der Waals surface area (Å²) in [6, 6.07) is 9.02. The van der Waals surface area contributed by atoms with Crippen molar-refractivity contribution in [2.24, 2.45) is 5.92 Å². The first-order chi connectivity index (χ1) is 13.2. The number of para-hydroxylation sites is 1. The summed E-state index contributed by atoms with van der Waals surface area (Å²) in [5.41, 5.74) is -0.620. The molecule has 6 nitrogen and oxygen atoms in total. The predicted molar refractivity (Wildman–Crippen MR) is 109 cm³/mol. The highest BCUT2D eigenvalue weighted by Crippen LogP contribution is 2.17. The molecule has 0 aliphatic rings. The number of benzene rings is 1. The lowest BCUT2D eigenvalue weighted by Gasteiger charge is -2.23. The van der Waals surface area contributed by atoms with Crippen LogP contribution in [0.3, 0.4) is 0 Å². The molecular formula is C22H35NO5. The van der Waals surface area contributed by atoms with Crippen LogP contribution in [0.25, 0.3) is 0 Å². The highest BCUT2D eigenvalue weighted by Gasteiger charge is 2.25. The van der Waals surface area contributed by atoms with Crippen molar-refractivity contribution in [3.05, 3.63) is 30.3 Å². The van der Waals surface area contributed by atoms with Crippen LogP contribution in [0.1, 0.15) is 60.3 Å². The average Bonchev–Trinajstić information content (AvgIpc) is 2.63. The Morgan fingerprint density at radius 2 is 1.75 bits per heavy atom. The first kappa shape index (κ1) is 23.8. The minimum Gasteiger partial charge on any atom is -0.493 e. The maximum absolute atomic E-state index is 12.2. The molecule has 28 heavy (non-hydrogen) atoms. The van der Waals surface area contributed by atoms with Gasteiger partial charge in [-0.3, -0.25) is 0 Å². The molecule has 2 unspecified atom stereocenters. The zero-order valence-electron chi connectivity index (χ0n) is 17.8. The van der Waals surface area contributed by atoms with E-state index in [-0.39, 0.29) is 6.61 Å². The molecule has 2 atom stereocenters. The summed E-state index contributed by atoms with van der Waals surface area (Å²) in [7, 11) is 0. The average molecular weight is 394 g/mol. The number of carbonyl (C=O) groups excluding carboxylic acids is 2. The number of rotatable bonds is 11. The van der Waals surface area contributed by atoms with Crippen LogP contribution >= 0.6 is 0 Å². The van der Waals surface area contributed by atoms with E-state index in [0.29, 0.717) is 18.9 Å². The van der Waals surface area contributed by atoms with Crippen LogP contribution in [0, 0.1) is 5.92 Å². The Bertz CT molecular complexity index is 582. The van der Waals surface area contributed by atoms with Gasteiger partial charge in [-0.15, -0.1) is 0 Å². The highest BCUT2D eigenvalue weighted by molar-refractivity contribution is 5.81. The Kier molecular flexibility index (Phi) is 10.4. The Hall–Kier alpha value is -2.24. The molecule has 0 spiro atoms. The highest BCUT2D eigenvalue weighted by atomic mass is 16.6. The third kappa shape index (κ3) is 10.2. The summed E-state index contributed by atoms with van der Waals surface area (Å²) in [6.45, 7) is 10.1. The summed E-state index contributed by atoms with van der Waals surface area (Å²) in [4.78, 5) is 24.2. The van der Waals surface area contributed by atoms with E-state index in [1.54, 1.807) is 27.7 Å². The van der Waals surface area contributed by atoms with Crippen molar-refractivity contribution >= 4 is 12.1 Å². The Labute approximate surface area is 168 Å². The van der Waals surface area contributed by atoms with E-state index in [1.807, 2.05) is 30.3 Å².